The van der Waals surface area contributed by atoms with E-state index in [0.717, 1.165) is 39.0 Å². The van der Waals surface area contributed by atoms with E-state index in [2.05, 4.69) is 26.0 Å². The van der Waals surface area contributed by atoms with Crippen LogP contribution in [0, 0.1) is 5.92 Å². The number of rotatable bonds is 1. The van der Waals surface area contributed by atoms with Gasteiger partial charge in [-0.05, 0) is 12.8 Å². The van der Waals surface area contributed by atoms with Crippen molar-refractivity contribution < 1.29 is 4.79 Å². The van der Waals surface area contributed by atoms with Gasteiger partial charge in [0.25, 0.3) is 0 Å². The Balaban J connectivity index is 1.83. The van der Waals surface area contributed by atoms with Gasteiger partial charge in [0.1, 0.15) is 0 Å². The molecule has 0 unspecified atom stereocenters. The highest BCUT2D eigenvalue weighted by atomic mass is 127. The predicted molar refractivity (Wildman–Crippen MR) is 59.5 cm³/mol. The molecule has 4 heteroatoms. The van der Waals surface area contributed by atoms with Crippen LogP contribution in [0.15, 0.2) is 0 Å². The third-order valence-corrected chi connectivity index (χ3v) is 3.96. The molecule has 1 heterocycles. The van der Waals surface area contributed by atoms with Crippen molar-refractivity contribution in [3.05, 3.63) is 0 Å². The second-order valence-electron chi connectivity index (χ2n) is 3.86. The fourth-order valence-corrected chi connectivity index (χ4v) is 2.25. The third-order valence-electron chi connectivity index (χ3n) is 2.99. The number of hydrogen-bond donors (Lipinski definition) is 0. The van der Waals surface area contributed by atoms with Crippen LogP contribution in [-0.4, -0.2) is 40.1 Å². The van der Waals surface area contributed by atoms with E-state index in [1.165, 1.54) is 6.42 Å². The summed E-state index contributed by atoms with van der Waals surface area (Å²) in [5, 5.41) is 0. The van der Waals surface area contributed by atoms with Gasteiger partial charge in [-0.1, -0.05) is 6.42 Å². The van der Waals surface area contributed by atoms with Crippen LogP contribution in [-0.2, 0) is 4.79 Å². The lowest BCUT2D eigenvalue weighted by molar-refractivity contribution is -0.139. The molecule has 1 amide bonds. The topological polar surface area (TPSA) is 23.6 Å². The minimum Gasteiger partial charge on any atom is -0.340 e. The lowest BCUT2D eigenvalue weighted by Gasteiger charge is -2.36. The first-order valence-electron chi connectivity index (χ1n) is 4.97. The van der Waals surface area contributed by atoms with Crippen molar-refractivity contribution in [2.45, 2.75) is 19.3 Å². The number of hydrogen-bond acceptors (Lipinski definition) is 2. The van der Waals surface area contributed by atoms with Gasteiger partial charge in [-0.2, -0.15) is 0 Å². The Bertz CT molecular complexity index is 198. The van der Waals surface area contributed by atoms with Gasteiger partial charge in [0, 0.05) is 55.0 Å². The minimum absolute atomic E-state index is 0.376. The Labute approximate surface area is 92.9 Å². The monoisotopic (exact) mass is 294 g/mol. The standard InChI is InChI=1S/C9H15IN2O/c10-12-6-4-11(5-7-12)9(13)8-2-1-3-8/h8H,1-7H2. The number of nitrogens with zero attached hydrogens (tertiary/aromatic N) is 2. The van der Waals surface area contributed by atoms with Crippen LogP contribution in [0.25, 0.3) is 0 Å². The minimum atomic E-state index is 0.376. The molecule has 1 saturated carbocycles. The molecule has 1 saturated heterocycles. The Morgan fingerprint density at radius 3 is 2.23 bits per heavy atom. The molecule has 13 heavy (non-hydrogen) atoms. The van der Waals surface area contributed by atoms with Crippen molar-refractivity contribution in [3.63, 3.8) is 0 Å². The molecule has 3 nitrogen and oxygen atoms in total. The fourth-order valence-electron chi connectivity index (χ4n) is 1.82. The lowest BCUT2D eigenvalue weighted by atomic mass is 9.84. The second-order valence-corrected chi connectivity index (χ2v) is 5.23. The smallest absolute Gasteiger partial charge is 0.225 e. The number of carbonyl (C=O) groups is 1. The highest BCUT2D eigenvalue weighted by Gasteiger charge is 2.30. The van der Waals surface area contributed by atoms with Crippen LogP contribution in [0.1, 0.15) is 19.3 Å². The molecule has 1 aliphatic carbocycles. The van der Waals surface area contributed by atoms with Crippen molar-refractivity contribution >= 4 is 28.8 Å². The second kappa shape index (κ2) is 4.13. The molecule has 74 valence electrons. The molecule has 2 aliphatic rings. The van der Waals surface area contributed by atoms with Gasteiger partial charge in [0.2, 0.25) is 5.91 Å². The quantitative estimate of drug-likeness (QED) is 0.537. The highest BCUT2D eigenvalue weighted by Crippen LogP contribution is 2.28. The molecule has 0 aromatic carbocycles. The molecule has 2 rings (SSSR count). The Morgan fingerprint density at radius 2 is 1.77 bits per heavy atom. The molecule has 0 N–H and O–H groups in total. The molecule has 0 atom stereocenters. The SMILES string of the molecule is O=C(C1CCC1)N1CCN(I)CC1. The summed E-state index contributed by atoms with van der Waals surface area (Å²) in [5.41, 5.74) is 0. The van der Waals surface area contributed by atoms with E-state index >= 15 is 0 Å². The number of halogens is 1. The maximum Gasteiger partial charge on any atom is 0.225 e. The third kappa shape index (κ3) is 2.15. The number of amides is 1. The van der Waals surface area contributed by atoms with Crippen molar-refractivity contribution in [2.75, 3.05) is 26.2 Å². The van der Waals surface area contributed by atoms with Gasteiger partial charge < -0.3 is 4.90 Å². The summed E-state index contributed by atoms with van der Waals surface area (Å²) >= 11 is 2.33. The van der Waals surface area contributed by atoms with Crippen molar-refractivity contribution in [1.82, 2.24) is 8.01 Å². The van der Waals surface area contributed by atoms with Crippen molar-refractivity contribution in [1.29, 1.82) is 0 Å². The Kier molecular flexibility index (Phi) is 3.08. The van der Waals surface area contributed by atoms with Crippen LogP contribution < -0.4 is 0 Å². The van der Waals surface area contributed by atoms with E-state index in [0.29, 0.717) is 11.8 Å². The summed E-state index contributed by atoms with van der Waals surface area (Å²) in [4.78, 5) is 13.8. The van der Waals surface area contributed by atoms with Crippen LogP contribution in [0.4, 0.5) is 0 Å². The van der Waals surface area contributed by atoms with E-state index < -0.39 is 0 Å². The molecule has 0 aromatic rings. The highest BCUT2D eigenvalue weighted by molar-refractivity contribution is 14.1. The average molecular weight is 294 g/mol. The zero-order valence-electron chi connectivity index (χ0n) is 7.71. The van der Waals surface area contributed by atoms with Crippen LogP contribution in [0.5, 0.6) is 0 Å². The normalized spacial score (nSPS) is 25.8. The maximum atomic E-state index is 11.8. The van der Waals surface area contributed by atoms with E-state index in [1.807, 2.05) is 4.90 Å². The Morgan fingerprint density at radius 1 is 1.15 bits per heavy atom. The summed E-state index contributed by atoms with van der Waals surface area (Å²) in [6, 6.07) is 0. The zero-order valence-corrected chi connectivity index (χ0v) is 9.87. The zero-order chi connectivity index (χ0) is 9.26. The fraction of sp³-hybridized carbons (Fsp3) is 0.889. The molecule has 0 aromatic heterocycles. The van der Waals surface area contributed by atoms with Crippen molar-refractivity contribution in [3.8, 4) is 0 Å². The largest absolute Gasteiger partial charge is 0.340 e. The summed E-state index contributed by atoms with van der Waals surface area (Å²) in [5.74, 6) is 0.788. The van der Waals surface area contributed by atoms with Gasteiger partial charge in [-0.3, -0.25) is 4.79 Å². The first-order chi connectivity index (χ1) is 6.27. The first-order valence-corrected chi connectivity index (χ1v) is 5.93. The molecule has 0 radical (unpaired) electrons. The van der Waals surface area contributed by atoms with Gasteiger partial charge >= 0.3 is 0 Å². The van der Waals surface area contributed by atoms with E-state index in [-0.39, 0.29) is 0 Å². The van der Waals surface area contributed by atoms with Gasteiger partial charge in [-0.15, -0.1) is 0 Å². The van der Waals surface area contributed by atoms with E-state index in [1.54, 1.807) is 0 Å². The number of piperazine rings is 1. The number of carbonyl (C=O) groups excluding carboxylic acids is 1. The summed E-state index contributed by atoms with van der Waals surface area (Å²) in [6.45, 7) is 3.91. The van der Waals surface area contributed by atoms with Crippen molar-refractivity contribution in [2.24, 2.45) is 5.92 Å². The van der Waals surface area contributed by atoms with Crippen LogP contribution >= 0.6 is 22.9 Å². The maximum absolute atomic E-state index is 11.8. The first kappa shape index (κ1) is 9.71. The summed E-state index contributed by atoms with van der Waals surface area (Å²) < 4.78 is 2.25. The molecule has 2 fully saturated rings. The van der Waals surface area contributed by atoms with Crippen LogP contribution in [0.2, 0.25) is 0 Å². The summed E-state index contributed by atoms with van der Waals surface area (Å²) in [7, 11) is 0. The molecule has 0 bridgehead atoms. The average Bonchev–Trinajstić information content (AvgIpc) is 2.02. The molecular formula is C9H15IN2O. The van der Waals surface area contributed by atoms with Gasteiger partial charge in [0.15, 0.2) is 0 Å². The molecule has 1 aliphatic heterocycles. The lowest BCUT2D eigenvalue weighted by Crippen LogP contribution is -2.48. The van der Waals surface area contributed by atoms with Crippen LogP contribution in [0.3, 0.4) is 0 Å². The predicted octanol–water partition coefficient (Wildman–Crippen LogP) is 1.28. The van der Waals surface area contributed by atoms with E-state index in [9.17, 15) is 4.79 Å². The molecule has 0 spiro atoms. The molecular weight excluding hydrogens is 279 g/mol. The van der Waals surface area contributed by atoms with Gasteiger partial charge in [-0.25, -0.2) is 3.11 Å². The Hall–Kier alpha value is 0.160. The van der Waals surface area contributed by atoms with Gasteiger partial charge in [0.05, 0.1) is 0 Å². The van der Waals surface area contributed by atoms with E-state index in [4.69, 9.17) is 0 Å². The summed E-state index contributed by atoms with van der Waals surface area (Å²) in [6.07, 6.45) is 3.51.